The Kier molecular flexibility index (Phi) is 7.49. The monoisotopic (exact) mass is 355 g/mol. The molecule has 2 rings (SSSR count). The first-order chi connectivity index (χ1) is 12.0. The standard InChI is InChI=1S/C17H29N3O5/c1-25-16(23)15-13(21)8-5-11-20(15)14(22)9-10-18-17(24)19-12-6-3-2-4-7-12/h12-13,15,21H,2-11H2,1H3,(H2,18,19,24)/t13-,15-/m1/s1. The van der Waals surface area contributed by atoms with Crippen LogP contribution in [0.4, 0.5) is 4.79 Å². The molecule has 1 saturated heterocycles. The number of aliphatic hydroxyl groups excluding tert-OH is 1. The minimum atomic E-state index is -0.956. The highest BCUT2D eigenvalue weighted by molar-refractivity contribution is 5.85. The van der Waals surface area contributed by atoms with Crippen LogP contribution in [-0.2, 0) is 14.3 Å². The van der Waals surface area contributed by atoms with Gasteiger partial charge in [0.25, 0.3) is 0 Å². The first-order valence-electron chi connectivity index (χ1n) is 9.12. The van der Waals surface area contributed by atoms with E-state index >= 15 is 0 Å². The molecule has 8 heteroatoms. The highest BCUT2D eigenvalue weighted by atomic mass is 16.5. The molecule has 0 bridgehead atoms. The number of piperidine rings is 1. The van der Waals surface area contributed by atoms with Crippen molar-refractivity contribution < 1.29 is 24.2 Å². The molecule has 2 aliphatic rings. The number of ether oxygens (including phenoxy) is 1. The number of rotatable bonds is 5. The Hall–Kier alpha value is -1.83. The minimum Gasteiger partial charge on any atom is -0.467 e. The molecule has 25 heavy (non-hydrogen) atoms. The highest BCUT2D eigenvalue weighted by Gasteiger charge is 2.38. The van der Waals surface area contributed by atoms with E-state index in [0.29, 0.717) is 19.4 Å². The molecule has 8 nitrogen and oxygen atoms in total. The van der Waals surface area contributed by atoms with E-state index in [1.165, 1.54) is 18.4 Å². The zero-order valence-electron chi connectivity index (χ0n) is 14.8. The van der Waals surface area contributed by atoms with Gasteiger partial charge in [0, 0.05) is 25.6 Å². The van der Waals surface area contributed by atoms with Crippen LogP contribution in [0.15, 0.2) is 0 Å². The fourth-order valence-corrected chi connectivity index (χ4v) is 3.57. The number of nitrogens with one attached hydrogen (secondary N) is 2. The maximum atomic E-state index is 12.4. The number of amides is 3. The summed E-state index contributed by atoms with van der Waals surface area (Å²) in [6.45, 7) is 0.599. The van der Waals surface area contributed by atoms with Gasteiger partial charge < -0.3 is 25.4 Å². The SMILES string of the molecule is COC(=O)[C@H]1[C@H](O)CCCN1C(=O)CCNC(=O)NC1CCCCC1. The number of urea groups is 1. The van der Waals surface area contributed by atoms with E-state index in [-0.39, 0.29) is 30.9 Å². The number of aliphatic hydroxyl groups is 1. The number of nitrogens with zero attached hydrogens (tertiary/aromatic N) is 1. The third-order valence-corrected chi connectivity index (χ3v) is 4.93. The average Bonchev–Trinajstić information content (AvgIpc) is 2.61. The maximum absolute atomic E-state index is 12.4. The van der Waals surface area contributed by atoms with Gasteiger partial charge in [-0.3, -0.25) is 4.79 Å². The van der Waals surface area contributed by atoms with Gasteiger partial charge in [-0.1, -0.05) is 19.3 Å². The molecule has 2 fully saturated rings. The fraction of sp³-hybridized carbons (Fsp3) is 0.824. The molecular formula is C17H29N3O5. The summed E-state index contributed by atoms with van der Waals surface area (Å²) in [5.74, 6) is -0.879. The van der Waals surface area contributed by atoms with Crippen LogP contribution in [0.1, 0.15) is 51.4 Å². The molecule has 0 aromatic heterocycles. The molecule has 3 N–H and O–H groups in total. The van der Waals surface area contributed by atoms with Crippen molar-refractivity contribution in [3.05, 3.63) is 0 Å². The van der Waals surface area contributed by atoms with Crippen LogP contribution in [0.25, 0.3) is 0 Å². The molecule has 1 heterocycles. The molecule has 3 amide bonds. The first kappa shape index (κ1) is 19.5. The fourth-order valence-electron chi connectivity index (χ4n) is 3.57. The summed E-state index contributed by atoms with van der Waals surface area (Å²) in [5, 5.41) is 15.6. The third-order valence-electron chi connectivity index (χ3n) is 4.93. The van der Waals surface area contributed by atoms with Crippen LogP contribution in [0, 0.1) is 0 Å². The Labute approximate surface area is 148 Å². The maximum Gasteiger partial charge on any atom is 0.331 e. The van der Waals surface area contributed by atoms with Crippen LogP contribution < -0.4 is 10.6 Å². The molecule has 0 spiro atoms. The van der Waals surface area contributed by atoms with Crippen molar-refractivity contribution in [1.29, 1.82) is 0 Å². The number of methoxy groups -OCH3 is 1. The van der Waals surface area contributed by atoms with E-state index in [1.807, 2.05) is 0 Å². The average molecular weight is 355 g/mol. The Balaban J connectivity index is 1.76. The van der Waals surface area contributed by atoms with Crippen LogP contribution in [-0.4, -0.2) is 66.3 Å². The molecule has 0 aromatic rings. The van der Waals surface area contributed by atoms with Gasteiger partial charge in [-0.25, -0.2) is 9.59 Å². The van der Waals surface area contributed by atoms with Gasteiger partial charge in [0.1, 0.15) is 0 Å². The molecule has 142 valence electrons. The number of likely N-dealkylation sites (tertiary alicyclic amines) is 1. The summed E-state index contributed by atoms with van der Waals surface area (Å²) in [6.07, 6.45) is 5.76. The molecule has 0 unspecified atom stereocenters. The van der Waals surface area contributed by atoms with E-state index in [0.717, 1.165) is 25.7 Å². The molecule has 2 atom stereocenters. The summed E-state index contributed by atoms with van der Waals surface area (Å²) in [4.78, 5) is 37.5. The molecular weight excluding hydrogens is 326 g/mol. The lowest BCUT2D eigenvalue weighted by atomic mass is 9.96. The Morgan fingerprint density at radius 3 is 2.52 bits per heavy atom. The summed E-state index contributed by atoms with van der Waals surface area (Å²) in [5.41, 5.74) is 0. The third kappa shape index (κ3) is 5.59. The van der Waals surface area contributed by atoms with Gasteiger partial charge in [-0.05, 0) is 25.7 Å². The van der Waals surface area contributed by atoms with Crippen molar-refractivity contribution in [2.24, 2.45) is 0 Å². The normalized spacial score (nSPS) is 24.5. The van der Waals surface area contributed by atoms with Crippen molar-refractivity contribution >= 4 is 17.9 Å². The highest BCUT2D eigenvalue weighted by Crippen LogP contribution is 2.20. The number of hydrogen-bond donors (Lipinski definition) is 3. The van der Waals surface area contributed by atoms with Gasteiger partial charge >= 0.3 is 12.0 Å². The number of carbonyl (C=O) groups is 3. The van der Waals surface area contributed by atoms with Crippen LogP contribution in [0.5, 0.6) is 0 Å². The van der Waals surface area contributed by atoms with Gasteiger partial charge in [0.15, 0.2) is 6.04 Å². The minimum absolute atomic E-state index is 0.0816. The molecule has 1 aliphatic heterocycles. The lowest BCUT2D eigenvalue weighted by molar-refractivity contribution is -0.161. The largest absolute Gasteiger partial charge is 0.467 e. The number of carbonyl (C=O) groups excluding carboxylic acids is 3. The van der Waals surface area contributed by atoms with Gasteiger partial charge in [-0.15, -0.1) is 0 Å². The van der Waals surface area contributed by atoms with Crippen LogP contribution in [0.2, 0.25) is 0 Å². The van der Waals surface area contributed by atoms with Crippen LogP contribution in [0.3, 0.4) is 0 Å². The quantitative estimate of drug-likeness (QED) is 0.624. The first-order valence-corrected chi connectivity index (χ1v) is 9.12. The number of esters is 1. The molecule has 1 saturated carbocycles. The summed E-state index contributed by atoms with van der Waals surface area (Å²) in [7, 11) is 1.24. The second-order valence-corrected chi connectivity index (χ2v) is 6.75. The smallest absolute Gasteiger partial charge is 0.331 e. The molecule has 0 radical (unpaired) electrons. The van der Waals surface area contributed by atoms with Gasteiger partial charge in [0.2, 0.25) is 5.91 Å². The molecule has 0 aromatic carbocycles. The summed E-state index contributed by atoms with van der Waals surface area (Å²) >= 11 is 0. The van der Waals surface area contributed by atoms with E-state index in [9.17, 15) is 19.5 Å². The Bertz CT molecular complexity index is 479. The van der Waals surface area contributed by atoms with Gasteiger partial charge in [0.05, 0.1) is 13.2 Å². The Morgan fingerprint density at radius 2 is 1.84 bits per heavy atom. The van der Waals surface area contributed by atoms with E-state index in [2.05, 4.69) is 10.6 Å². The summed E-state index contributed by atoms with van der Waals surface area (Å²) < 4.78 is 4.70. The zero-order valence-corrected chi connectivity index (χ0v) is 14.8. The van der Waals surface area contributed by atoms with Crippen molar-refractivity contribution in [3.63, 3.8) is 0 Å². The second kappa shape index (κ2) is 9.60. The topological polar surface area (TPSA) is 108 Å². The van der Waals surface area contributed by atoms with E-state index in [1.54, 1.807) is 0 Å². The van der Waals surface area contributed by atoms with E-state index in [4.69, 9.17) is 4.74 Å². The van der Waals surface area contributed by atoms with Crippen molar-refractivity contribution in [1.82, 2.24) is 15.5 Å². The van der Waals surface area contributed by atoms with Gasteiger partial charge in [-0.2, -0.15) is 0 Å². The van der Waals surface area contributed by atoms with Crippen molar-refractivity contribution in [3.8, 4) is 0 Å². The Morgan fingerprint density at radius 1 is 1.12 bits per heavy atom. The predicted molar refractivity (Wildman–Crippen MR) is 90.8 cm³/mol. The lowest BCUT2D eigenvalue weighted by Crippen LogP contribution is -2.55. The van der Waals surface area contributed by atoms with Crippen molar-refractivity contribution in [2.45, 2.75) is 69.6 Å². The molecule has 1 aliphatic carbocycles. The second-order valence-electron chi connectivity index (χ2n) is 6.75. The zero-order chi connectivity index (χ0) is 18.2. The predicted octanol–water partition coefficient (Wildman–Crippen LogP) is 0.533. The van der Waals surface area contributed by atoms with E-state index < -0.39 is 18.1 Å². The van der Waals surface area contributed by atoms with Crippen molar-refractivity contribution in [2.75, 3.05) is 20.2 Å². The van der Waals surface area contributed by atoms with Crippen LogP contribution >= 0.6 is 0 Å². The lowest BCUT2D eigenvalue weighted by Gasteiger charge is -2.37. The summed E-state index contributed by atoms with van der Waals surface area (Å²) in [6, 6.07) is -1.00. The number of hydrogen-bond acceptors (Lipinski definition) is 5.